The number of likely N-dealkylation sites (tertiary alicyclic amines) is 1. The van der Waals surface area contributed by atoms with Gasteiger partial charge in [-0.05, 0) is 42.6 Å². The standard InChI is InChI=1S/C18H20ClNO/c19-17-9-4-8-16(12-17)18(21)10-5-11-20(14-18)13-15-6-2-1-3-7-15/h1-4,6-9,12,21H,5,10-11,13-14H2. The highest BCUT2D eigenvalue weighted by atomic mass is 35.5. The molecule has 1 N–H and O–H groups in total. The minimum atomic E-state index is -0.794. The number of nitrogens with zero attached hydrogens (tertiary/aromatic N) is 1. The van der Waals surface area contributed by atoms with Gasteiger partial charge >= 0.3 is 0 Å². The Kier molecular flexibility index (Phi) is 4.29. The predicted octanol–water partition coefficient (Wildman–Crippen LogP) is 3.82. The molecule has 0 aliphatic carbocycles. The van der Waals surface area contributed by atoms with Crippen LogP contribution in [0.4, 0.5) is 0 Å². The summed E-state index contributed by atoms with van der Waals surface area (Å²) in [5.41, 5.74) is 1.42. The van der Waals surface area contributed by atoms with E-state index in [1.165, 1.54) is 5.56 Å². The van der Waals surface area contributed by atoms with Crippen LogP contribution in [0.2, 0.25) is 5.02 Å². The fraction of sp³-hybridized carbons (Fsp3) is 0.333. The summed E-state index contributed by atoms with van der Waals surface area (Å²) in [6, 6.07) is 18.0. The Labute approximate surface area is 131 Å². The number of benzene rings is 2. The molecule has 1 saturated heterocycles. The molecule has 1 aliphatic rings. The molecule has 1 unspecified atom stereocenters. The molecule has 1 atom stereocenters. The quantitative estimate of drug-likeness (QED) is 0.931. The first kappa shape index (κ1) is 14.6. The SMILES string of the molecule is OC1(c2cccc(Cl)c2)CCCN(Cc2ccccc2)C1. The van der Waals surface area contributed by atoms with Crippen LogP contribution in [0, 0.1) is 0 Å². The fourth-order valence-electron chi connectivity index (χ4n) is 3.11. The smallest absolute Gasteiger partial charge is 0.102 e. The van der Waals surface area contributed by atoms with Crippen LogP contribution >= 0.6 is 11.6 Å². The van der Waals surface area contributed by atoms with Gasteiger partial charge in [0.2, 0.25) is 0 Å². The lowest BCUT2D eigenvalue weighted by molar-refractivity contribution is -0.0381. The van der Waals surface area contributed by atoms with E-state index < -0.39 is 5.60 Å². The highest BCUT2D eigenvalue weighted by molar-refractivity contribution is 6.30. The van der Waals surface area contributed by atoms with E-state index in [1.807, 2.05) is 30.3 Å². The van der Waals surface area contributed by atoms with Gasteiger partial charge in [-0.25, -0.2) is 0 Å². The van der Waals surface area contributed by atoms with Crippen LogP contribution in [0.25, 0.3) is 0 Å². The zero-order chi connectivity index (χ0) is 14.7. The second-order valence-electron chi connectivity index (χ2n) is 5.84. The number of halogens is 1. The third kappa shape index (κ3) is 3.46. The van der Waals surface area contributed by atoms with E-state index in [2.05, 4.69) is 29.2 Å². The van der Waals surface area contributed by atoms with E-state index in [1.54, 1.807) is 0 Å². The van der Waals surface area contributed by atoms with Crippen molar-refractivity contribution in [2.45, 2.75) is 25.0 Å². The molecular formula is C18H20ClNO. The Morgan fingerprint density at radius 1 is 1.10 bits per heavy atom. The van der Waals surface area contributed by atoms with Crippen molar-refractivity contribution in [2.24, 2.45) is 0 Å². The molecule has 0 aromatic heterocycles. The lowest BCUT2D eigenvalue weighted by Gasteiger charge is -2.39. The van der Waals surface area contributed by atoms with Crippen molar-refractivity contribution in [3.8, 4) is 0 Å². The molecule has 21 heavy (non-hydrogen) atoms. The van der Waals surface area contributed by atoms with Crippen molar-refractivity contribution in [1.82, 2.24) is 4.90 Å². The van der Waals surface area contributed by atoms with Crippen LogP contribution in [0.5, 0.6) is 0 Å². The second kappa shape index (κ2) is 6.18. The highest BCUT2D eigenvalue weighted by Gasteiger charge is 2.34. The number of piperidine rings is 1. The summed E-state index contributed by atoms with van der Waals surface area (Å²) in [5, 5.41) is 11.7. The van der Waals surface area contributed by atoms with E-state index >= 15 is 0 Å². The molecule has 1 aliphatic heterocycles. The van der Waals surface area contributed by atoms with E-state index in [4.69, 9.17) is 11.6 Å². The summed E-state index contributed by atoms with van der Waals surface area (Å²) < 4.78 is 0. The van der Waals surface area contributed by atoms with Gasteiger partial charge in [0.1, 0.15) is 5.60 Å². The molecule has 1 heterocycles. The first-order valence-electron chi connectivity index (χ1n) is 7.40. The van der Waals surface area contributed by atoms with Crippen molar-refractivity contribution < 1.29 is 5.11 Å². The van der Waals surface area contributed by atoms with Crippen molar-refractivity contribution >= 4 is 11.6 Å². The van der Waals surface area contributed by atoms with Gasteiger partial charge in [-0.3, -0.25) is 4.90 Å². The Bertz CT molecular complexity index is 601. The van der Waals surface area contributed by atoms with Crippen molar-refractivity contribution in [3.63, 3.8) is 0 Å². The first-order chi connectivity index (χ1) is 10.2. The van der Waals surface area contributed by atoms with Gasteiger partial charge in [0.15, 0.2) is 0 Å². The summed E-state index contributed by atoms with van der Waals surface area (Å²) in [6.07, 6.45) is 1.79. The molecule has 2 nitrogen and oxygen atoms in total. The lowest BCUT2D eigenvalue weighted by Crippen LogP contribution is -2.45. The molecule has 2 aromatic carbocycles. The number of rotatable bonds is 3. The maximum absolute atomic E-state index is 11.0. The molecule has 2 aromatic rings. The average Bonchev–Trinajstić information content (AvgIpc) is 2.48. The molecule has 0 amide bonds. The van der Waals surface area contributed by atoms with Crippen LogP contribution in [0.15, 0.2) is 54.6 Å². The topological polar surface area (TPSA) is 23.5 Å². The number of aliphatic hydroxyl groups is 1. The summed E-state index contributed by atoms with van der Waals surface area (Å²) in [4.78, 5) is 2.32. The molecule has 110 valence electrons. The van der Waals surface area contributed by atoms with Gasteiger partial charge in [-0.15, -0.1) is 0 Å². The summed E-state index contributed by atoms with van der Waals surface area (Å²) >= 11 is 6.07. The van der Waals surface area contributed by atoms with Gasteiger partial charge in [-0.2, -0.15) is 0 Å². The maximum atomic E-state index is 11.0. The molecule has 0 bridgehead atoms. The minimum Gasteiger partial charge on any atom is -0.384 e. The lowest BCUT2D eigenvalue weighted by atomic mass is 9.85. The molecule has 1 fully saturated rings. The Morgan fingerprint density at radius 2 is 1.90 bits per heavy atom. The molecule has 0 saturated carbocycles. The van der Waals surface area contributed by atoms with Crippen LogP contribution in [-0.4, -0.2) is 23.1 Å². The molecular weight excluding hydrogens is 282 g/mol. The summed E-state index contributed by atoms with van der Waals surface area (Å²) in [6.45, 7) is 2.56. The van der Waals surface area contributed by atoms with Crippen LogP contribution in [0.3, 0.4) is 0 Å². The second-order valence-corrected chi connectivity index (χ2v) is 6.28. The van der Waals surface area contributed by atoms with Crippen molar-refractivity contribution in [3.05, 3.63) is 70.7 Å². The normalized spacial score (nSPS) is 23.1. The zero-order valence-electron chi connectivity index (χ0n) is 12.0. The van der Waals surface area contributed by atoms with Crippen LogP contribution in [0.1, 0.15) is 24.0 Å². The Balaban J connectivity index is 1.76. The summed E-state index contributed by atoms with van der Waals surface area (Å²) in [7, 11) is 0. The van der Waals surface area contributed by atoms with Crippen molar-refractivity contribution in [1.29, 1.82) is 0 Å². The van der Waals surface area contributed by atoms with Crippen molar-refractivity contribution in [2.75, 3.05) is 13.1 Å². The molecule has 3 heteroatoms. The third-order valence-corrected chi connectivity index (χ3v) is 4.40. The van der Waals surface area contributed by atoms with E-state index in [9.17, 15) is 5.11 Å². The highest BCUT2D eigenvalue weighted by Crippen LogP contribution is 2.33. The van der Waals surface area contributed by atoms with E-state index in [0.717, 1.165) is 31.5 Å². The van der Waals surface area contributed by atoms with E-state index in [-0.39, 0.29) is 0 Å². The number of β-amino-alcohol motifs (C(OH)–C–C–N with tert-alkyl or cyclic N) is 1. The average molecular weight is 302 g/mol. The van der Waals surface area contributed by atoms with Gasteiger partial charge in [0.25, 0.3) is 0 Å². The number of hydrogen-bond acceptors (Lipinski definition) is 2. The third-order valence-electron chi connectivity index (χ3n) is 4.16. The van der Waals surface area contributed by atoms with Crippen LogP contribution < -0.4 is 0 Å². The summed E-state index contributed by atoms with van der Waals surface area (Å²) in [5.74, 6) is 0. The van der Waals surface area contributed by atoms with Gasteiger partial charge in [0, 0.05) is 18.1 Å². The zero-order valence-corrected chi connectivity index (χ0v) is 12.8. The maximum Gasteiger partial charge on any atom is 0.102 e. The monoisotopic (exact) mass is 301 g/mol. The molecule has 0 radical (unpaired) electrons. The largest absolute Gasteiger partial charge is 0.384 e. The fourth-order valence-corrected chi connectivity index (χ4v) is 3.30. The van der Waals surface area contributed by atoms with Gasteiger partial charge in [-0.1, -0.05) is 54.1 Å². The van der Waals surface area contributed by atoms with Gasteiger partial charge in [0.05, 0.1) is 0 Å². The Hall–Kier alpha value is -1.35. The molecule has 3 rings (SSSR count). The first-order valence-corrected chi connectivity index (χ1v) is 7.78. The minimum absolute atomic E-state index is 0.655. The van der Waals surface area contributed by atoms with Gasteiger partial charge < -0.3 is 5.11 Å². The van der Waals surface area contributed by atoms with E-state index in [0.29, 0.717) is 11.6 Å². The van der Waals surface area contributed by atoms with Crippen LogP contribution in [-0.2, 0) is 12.1 Å². The number of hydrogen-bond donors (Lipinski definition) is 1. The predicted molar refractivity (Wildman–Crippen MR) is 86.3 cm³/mol. The molecule has 0 spiro atoms. The Morgan fingerprint density at radius 3 is 2.67 bits per heavy atom.